The lowest BCUT2D eigenvalue weighted by Crippen LogP contribution is -2.50. The fraction of sp³-hybridized carbons (Fsp3) is 0.333. The van der Waals surface area contributed by atoms with Gasteiger partial charge in [-0.3, -0.25) is 9.59 Å². The molecule has 1 unspecified atom stereocenters. The Kier molecular flexibility index (Phi) is 6.44. The number of ether oxygens (including phenoxy) is 2. The van der Waals surface area contributed by atoms with Gasteiger partial charge in [0, 0.05) is 24.7 Å². The smallest absolute Gasteiger partial charge is 0.253 e. The van der Waals surface area contributed by atoms with Crippen LogP contribution in [0.2, 0.25) is 0 Å². The first-order valence-corrected chi connectivity index (χ1v) is 9.02. The van der Waals surface area contributed by atoms with E-state index in [0.29, 0.717) is 31.7 Å². The number of anilines is 1. The van der Waals surface area contributed by atoms with Crippen molar-refractivity contribution in [2.75, 3.05) is 31.7 Å². The number of carbonyl (C=O) groups is 2. The van der Waals surface area contributed by atoms with E-state index in [-0.39, 0.29) is 24.5 Å². The first-order chi connectivity index (χ1) is 13.2. The number of amides is 2. The van der Waals surface area contributed by atoms with Crippen LogP contribution in [-0.4, -0.2) is 44.7 Å². The van der Waals surface area contributed by atoms with Crippen molar-refractivity contribution in [1.82, 2.24) is 5.32 Å². The molecule has 1 fully saturated rings. The van der Waals surface area contributed by atoms with Crippen LogP contribution in [0.5, 0.6) is 5.75 Å². The molecule has 0 aliphatic carbocycles. The Morgan fingerprint density at radius 1 is 1.22 bits per heavy atom. The van der Waals surface area contributed by atoms with Crippen LogP contribution in [-0.2, 0) is 20.7 Å². The van der Waals surface area contributed by atoms with E-state index >= 15 is 0 Å². The van der Waals surface area contributed by atoms with Gasteiger partial charge in [-0.15, -0.1) is 0 Å². The normalized spacial score (nSPS) is 16.9. The number of rotatable bonds is 7. The Hall–Kier alpha value is -2.86. The molecule has 0 saturated carbocycles. The minimum Gasteiger partial charge on any atom is -0.497 e. The van der Waals surface area contributed by atoms with Gasteiger partial charge in [-0.25, -0.2) is 0 Å². The Morgan fingerprint density at radius 2 is 2.04 bits per heavy atom. The zero-order valence-corrected chi connectivity index (χ0v) is 15.4. The zero-order chi connectivity index (χ0) is 19.1. The van der Waals surface area contributed by atoms with Crippen molar-refractivity contribution >= 4 is 17.5 Å². The van der Waals surface area contributed by atoms with Crippen molar-refractivity contribution in [2.24, 2.45) is 0 Å². The van der Waals surface area contributed by atoms with E-state index in [1.54, 1.807) is 12.0 Å². The zero-order valence-electron chi connectivity index (χ0n) is 15.4. The highest BCUT2D eigenvalue weighted by Crippen LogP contribution is 2.23. The van der Waals surface area contributed by atoms with Crippen molar-refractivity contribution in [3.8, 4) is 5.75 Å². The Bertz CT molecular complexity index is 779. The van der Waals surface area contributed by atoms with Crippen molar-refractivity contribution in [2.45, 2.75) is 18.9 Å². The number of nitrogens with zero attached hydrogens (tertiary/aromatic N) is 1. The van der Waals surface area contributed by atoms with Crippen LogP contribution in [0.4, 0.5) is 5.69 Å². The molecular weight excluding hydrogens is 344 g/mol. The number of carbonyl (C=O) groups excluding carboxylic acids is 2. The summed E-state index contributed by atoms with van der Waals surface area (Å²) in [4.78, 5) is 26.0. The third-order valence-electron chi connectivity index (χ3n) is 4.51. The molecule has 2 aromatic carbocycles. The average Bonchev–Trinajstić information content (AvgIpc) is 2.72. The van der Waals surface area contributed by atoms with Gasteiger partial charge in [0.05, 0.1) is 19.8 Å². The van der Waals surface area contributed by atoms with Gasteiger partial charge in [0.2, 0.25) is 5.91 Å². The van der Waals surface area contributed by atoms with Gasteiger partial charge < -0.3 is 19.7 Å². The van der Waals surface area contributed by atoms with Crippen molar-refractivity contribution in [3.05, 3.63) is 60.2 Å². The van der Waals surface area contributed by atoms with Crippen LogP contribution >= 0.6 is 0 Å². The summed E-state index contributed by atoms with van der Waals surface area (Å²) < 4.78 is 10.8. The van der Waals surface area contributed by atoms with Crippen molar-refractivity contribution in [3.63, 3.8) is 0 Å². The second kappa shape index (κ2) is 9.19. The predicted octanol–water partition coefficient (Wildman–Crippen LogP) is 2.18. The molecular formula is C21H24N2O4. The summed E-state index contributed by atoms with van der Waals surface area (Å²) in [6.45, 7) is 0.772. The van der Waals surface area contributed by atoms with Crippen LogP contribution in [0.1, 0.15) is 12.0 Å². The number of methoxy groups -OCH3 is 1. The number of hydrogen-bond acceptors (Lipinski definition) is 4. The van der Waals surface area contributed by atoms with Gasteiger partial charge in [-0.05, 0) is 24.1 Å². The Morgan fingerprint density at radius 3 is 2.81 bits per heavy atom. The van der Waals surface area contributed by atoms with E-state index in [4.69, 9.17) is 9.47 Å². The molecule has 3 rings (SSSR count). The fourth-order valence-corrected chi connectivity index (χ4v) is 3.00. The summed E-state index contributed by atoms with van der Waals surface area (Å²) in [5.74, 6) is 0.569. The summed E-state index contributed by atoms with van der Waals surface area (Å²) in [6.07, 6.45) is 0.886. The molecule has 0 aromatic heterocycles. The van der Waals surface area contributed by atoms with E-state index in [9.17, 15) is 9.59 Å². The van der Waals surface area contributed by atoms with E-state index in [1.165, 1.54) is 0 Å². The highest BCUT2D eigenvalue weighted by molar-refractivity contribution is 5.95. The molecule has 0 spiro atoms. The first-order valence-electron chi connectivity index (χ1n) is 9.02. The SMILES string of the molecule is COc1cccc(N2CC(CNC(=O)CCc3ccccc3)OCC2=O)c1. The van der Waals surface area contributed by atoms with E-state index in [1.807, 2.05) is 54.6 Å². The lowest BCUT2D eigenvalue weighted by Gasteiger charge is -2.33. The molecule has 0 radical (unpaired) electrons. The molecule has 1 N–H and O–H groups in total. The monoisotopic (exact) mass is 368 g/mol. The number of nitrogens with one attached hydrogen (secondary N) is 1. The van der Waals surface area contributed by atoms with Crippen LogP contribution in [0.15, 0.2) is 54.6 Å². The number of aryl methyl sites for hydroxylation is 1. The van der Waals surface area contributed by atoms with Gasteiger partial charge in [-0.1, -0.05) is 36.4 Å². The second-order valence-electron chi connectivity index (χ2n) is 6.43. The lowest BCUT2D eigenvalue weighted by molar-refractivity contribution is -0.129. The Balaban J connectivity index is 1.50. The van der Waals surface area contributed by atoms with Crippen LogP contribution in [0.25, 0.3) is 0 Å². The lowest BCUT2D eigenvalue weighted by atomic mass is 10.1. The number of benzene rings is 2. The molecule has 1 atom stereocenters. The van der Waals surface area contributed by atoms with Gasteiger partial charge in [0.1, 0.15) is 12.4 Å². The van der Waals surface area contributed by atoms with Crippen LogP contribution in [0.3, 0.4) is 0 Å². The highest BCUT2D eigenvalue weighted by Gasteiger charge is 2.27. The number of morpholine rings is 1. The van der Waals surface area contributed by atoms with Crippen molar-refractivity contribution in [1.29, 1.82) is 0 Å². The maximum absolute atomic E-state index is 12.2. The third kappa shape index (κ3) is 5.31. The standard InChI is InChI=1S/C21H24N2O4/c1-26-18-9-5-8-17(12-18)23-14-19(27-15-21(23)25)13-22-20(24)11-10-16-6-3-2-4-7-16/h2-9,12,19H,10-11,13-15H2,1H3,(H,22,24). The largest absolute Gasteiger partial charge is 0.497 e. The average molecular weight is 368 g/mol. The second-order valence-corrected chi connectivity index (χ2v) is 6.43. The summed E-state index contributed by atoms with van der Waals surface area (Å²) in [7, 11) is 1.59. The molecule has 1 aliphatic heterocycles. The topological polar surface area (TPSA) is 67.9 Å². The Labute approximate surface area is 159 Å². The van der Waals surface area contributed by atoms with E-state index in [2.05, 4.69) is 5.32 Å². The first kappa shape index (κ1) is 18.9. The fourth-order valence-electron chi connectivity index (χ4n) is 3.00. The summed E-state index contributed by atoms with van der Waals surface area (Å²) in [5.41, 5.74) is 1.90. The molecule has 1 heterocycles. The van der Waals surface area contributed by atoms with E-state index in [0.717, 1.165) is 11.3 Å². The molecule has 27 heavy (non-hydrogen) atoms. The van der Waals surface area contributed by atoms with Crippen molar-refractivity contribution < 1.29 is 19.1 Å². The van der Waals surface area contributed by atoms with Gasteiger partial charge >= 0.3 is 0 Å². The molecule has 142 valence electrons. The summed E-state index contributed by atoms with van der Waals surface area (Å²) >= 11 is 0. The quantitative estimate of drug-likeness (QED) is 0.813. The van der Waals surface area contributed by atoms with Gasteiger partial charge in [0.25, 0.3) is 5.91 Å². The van der Waals surface area contributed by atoms with Crippen LogP contribution < -0.4 is 15.0 Å². The maximum Gasteiger partial charge on any atom is 0.253 e. The van der Waals surface area contributed by atoms with Gasteiger partial charge in [-0.2, -0.15) is 0 Å². The summed E-state index contributed by atoms with van der Waals surface area (Å²) in [6, 6.07) is 17.3. The molecule has 0 bridgehead atoms. The molecule has 6 heteroatoms. The minimum atomic E-state index is -0.241. The highest BCUT2D eigenvalue weighted by atomic mass is 16.5. The molecule has 1 aliphatic rings. The maximum atomic E-state index is 12.2. The molecule has 2 amide bonds. The van der Waals surface area contributed by atoms with Crippen LogP contribution in [0, 0.1) is 0 Å². The molecule has 2 aromatic rings. The third-order valence-corrected chi connectivity index (χ3v) is 4.51. The predicted molar refractivity (Wildman–Crippen MR) is 103 cm³/mol. The van der Waals surface area contributed by atoms with E-state index < -0.39 is 0 Å². The summed E-state index contributed by atoms with van der Waals surface area (Å²) in [5, 5.41) is 2.91. The molecule has 1 saturated heterocycles. The minimum absolute atomic E-state index is 0.00175. The van der Waals surface area contributed by atoms with Gasteiger partial charge in [0.15, 0.2) is 0 Å². The number of hydrogen-bond donors (Lipinski definition) is 1. The molecule has 6 nitrogen and oxygen atoms in total.